The van der Waals surface area contributed by atoms with Gasteiger partial charge in [0.15, 0.2) is 11.5 Å². The van der Waals surface area contributed by atoms with Crippen LogP contribution in [0.15, 0.2) is 36.4 Å². The van der Waals surface area contributed by atoms with Crippen molar-refractivity contribution in [3.05, 3.63) is 57.6 Å². The molecule has 4 nitrogen and oxygen atoms in total. The van der Waals surface area contributed by atoms with Crippen molar-refractivity contribution in [1.82, 2.24) is 5.32 Å². The molecule has 0 aliphatic rings. The van der Waals surface area contributed by atoms with Crippen molar-refractivity contribution in [2.75, 3.05) is 20.3 Å². The van der Waals surface area contributed by atoms with Gasteiger partial charge in [0.2, 0.25) is 0 Å². The van der Waals surface area contributed by atoms with Crippen LogP contribution in [0.1, 0.15) is 17.5 Å². The van der Waals surface area contributed by atoms with Gasteiger partial charge >= 0.3 is 0 Å². The van der Waals surface area contributed by atoms with E-state index < -0.39 is 0 Å². The summed E-state index contributed by atoms with van der Waals surface area (Å²) in [5.74, 6) is 1.37. The molecule has 0 bridgehead atoms. The van der Waals surface area contributed by atoms with Gasteiger partial charge in [0, 0.05) is 18.7 Å². The van der Waals surface area contributed by atoms with E-state index in [1.54, 1.807) is 19.2 Å². The van der Waals surface area contributed by atoms with Crippen LogP contribution >= 0.6 is 23.2 Å². The molecule has 0 aliphatic heterocycles. The van der Waals surface area contributed by atoms with Crippen LogP contribution in [-0.4, -0.2) is 25.4 Å². The number of methoxy groups -OCH3 is 1. The van der Waals surface area contributed by atoms with Gasteiger partial charge in [-0.25, -0.2) is 0 Å². The molecule has 0 aromatic heterocycles. The lowest BCUT2D eigenvalue weighted by Gasteiger charge is -2.16. The van der Waals surface area contributed by atoms with E-state index in [0.29, 0.717) is 41.1 Å². The fourth-order valence-corrected chi connectivity index (χ4v) is 2.56. The first-order chi connectivity index (χ1) is 11.7. The predicted octanol–water partition coefficient (Wildman–Crippen LogP) is 4.05. The quantitative estimate of drug-likeness (QED) is 0.654. The first-order valence-corrected chi connectivity index (χ1v) is 8.45. The van der Waals surface area contributed by atoms with Gasteiger partial charge in [0.25, 0.3) is 0 Å². The Bertz CT molecular complexity index is 665. The molecule has 2 rings (SSSR count). The highest BCUT2D eigenvalue weighted by molar-refractivity contribution is 6.42. The smallest absolute Gasteiger partial charge is 0.166 e. The third-order valence-electron chi connectivity index (χ3n) is 3.47. The molecule has 0 saturated carbocycles. The average molecular weight is 370 g/mol. The number of halogens is 2. The summed E-state index contributed by atoms with van der Waals surface area (Å²) in [5.41, 5.74) is 1.92. The van der Waals surface area contributed by atoms with Crippen LogP contribution in [0.5, 0.6) is 11.5 Å². The molecule has 2 aromatic carbocycles. The Hall–Kier alpha value is -1.46. The SMILES string of the molecule is COc1cccc(CNCCCO)c1OCc1ccc(Cl)c(Cl)c1. The number of nitrogens with one attached hydrogen (secondary N) is 1. The van der Waals surface area contributed by atoms with Gasteiger partial charge in [-0.2, -0.15) is 0 Å². The van der Waals surface area contributed by atoms with Gasteiger partial charge in [-0.15, -0.1) is 0 Å². The maximum Gasteiger partial charge on any atom is 0.166 e. The number of benzene rings is 2. The largest absolute Gasteiger partial charge is 0.493 e. The summed E-state index contributed by atoms with van der Waals surface area (Å²) in [6, 6.07) is 11.2. The Morgan fingerprint density at radius 2 is 1.96 bits per heavy atom. The second-order valence-electron chi connectivity index (χ2n) is 5.24. The molecule has 2 aromatic rings. The molecule has 24 heavy (non-hydrogen) atoms. The highest BCUT2D eigenvalue weighted by Gasteiger charge is 2.11. The zero-order chi connectivity index (χ0) is 17.4. The van der Waals surface area contributed by atoms with E-state index in [-0.39, 0.29) is 6.61 Å². The Morgan fingerprint density at radius 1 is 1.12 bits per heavy atom. The molecule has 6 heteroatoms. The number of rotatable bonds is 9. The topological polar surface area (TPSA) is 50.7 Å². The van der Waals surface area contributed by atoms with Crippen molar-refractivity contribution < 1.29 is 14.6 Å². The lowest BCUT2D eigenvalue weighted by molar-refractivity contribution is 0.278. The number of aliphatic hydroxyl groups excluding tert-OH is 1. The van der Waals surface area contributed by atoms with Gasteiger partial charge in [-0.3, -0.25) is 0 Å². The lowest BCUT2D eigenvalue weighted by Crippen LogP contribution is -2.16. The minimum Gasteiger partial charge on any atom is -0.493 e. The molecule has 0 unspecified atom stereocenters. The average Bonchev–Trinajstić information content (AvgIpc) is 2.60. The van der Waals surface area contributed by atoms with E-state index in [1.807, 2.05) is 24.3 Å². The molecule has 130 valence electrons. The Morgan fingerprint density at radius 3 is 2.67 bits per heavy atom. The zero-order valence-electron chi connectivity index (χ0n) is 13.5. The Labute approximate surface area is 152 Å². The summed E-state index contributed by atoms with van der Waals surface area (Å²) in [7, 11) is 1.62. The standard InChI is InChI=1S/C18H21Cl2NO3/c1-23-17-5-2-4-14(11-21-8-3-9-22)18(17)24-12-13-6-7-15(19)16(20)10-13/h2,4-7,10,21-22H,3,8-9,11-12H2,1H3. The van der Waals surface area contributed by atoms with Crippen molar-refractivity contribution in [2.45, 2.75) is 19.6 Å². The highest BCUT2D eigenvalue weighted by Crippen LogP contribution is 2.32. The van der Waals surface area contributed by atoms with E-state index in [0.717, 1.165) is 17.7 Å². The third kappa shape index (κ3) is 5.28. The van der Waals surface area contributed by atoms with Crippen LogP contribution in [-0.2, 0) is 13.2 Å². The van der Waals surface area contributed by atoms with Crippen molar-refractivity contribution >= 4 is 23.2 Å². The summed E-state index contributed by atoms with van der Waals surface area (Å²) in [6.07, 6.45) is 0.712. The number of ether oxygens (including phenoxy) is 2. The summed E-state index contributed by atoms with van der Waals surface area (Å²) >= 11 is 12.0. The number of hydrogen-bond acceptors (Lipinski definition) is 4. The maximum atomic E-state index is 8.85. The molecule has 0 saturated heterocycles. The van der Waals surface area contributed by atoms with Gasteiger partial charge in [0.05, 0.1) is 17.2 Å². The summed E-state index contributed by atoms with van der Waals surface area (Å²) in [6.45, 7) is 1.90. The summed E-state index contributed by atoms with van der Waals surface area (Å²) in [5, 5.41) is 13.1. The second-order valence-corrected chi connectivity index (χ2v) is 6.05. The number of hydrogen-bond donors (Lipinski definition) is 2. The monoisotopic (exact) mass is 369 g/mol. The minimum absolute atomic E-state index is 0.172. The number of para-hydroxylation sites is 1. The van der Waals surface area contributed by atoms with Crippen molar-refractivity contribution in [2.24, 2.45) is 0 Å². The molecule has 0 amide bonds. The number of aliphatic hydroxyl groups is 1. The van der Waals surface area contributed by atoms with Gasteiger partial charge in [-0.05, 0) is 36.7 Å². The summed E-state index contributed by atoms with van der Waals surface area (Å²) < 4.78 is 11.4. The van der Waals surface area contributed by atoms with Crippen LogP contribution in [0.3, 0.4) is 0 Å². The van der Waals surface area contributed by atoms with E-state index >= 15 is 0 Å². The first-order valence-electron chi connectivity index (χ1n) is 7.70. The molecule has 0 atom stereocenters. The van der Waals surface area contributed by atoms with E-state index in [9.17, 15) is 0 Å². The third-order valence-corrected chi connectivity index (χ3v) is 4.21. The predicted molar refractivity (Wildman–Crippen MR) is 97.2 cm³/mol. The first kappa shape index (κ1) is 18.9. The molecule has 0 spiro atoms. The second kappa shape index (κ2) is 9.74. The Balaban J connectivity index is 2.09. The minimum atomic E-state index is 0.172. The maximum absolute atomic E-state index is 8.85. The van der Waals surface area contributed by atoms with E-state index in [1.165, 1.54) is 0 Å². The van der Waals surface area contributed by atoms with Crippen LogP contribution < -0.4 is 14.8 Å². The molecular weight excluding hydrogens is 349 g/mol. The van der Waals surface area contributed by atoms with E-state index in [4.69, 9.17) is 37.8 Å². The van der Waals surface area contributed by atoms with Gasteiger partial charge in [-0.1, -0.05) is 41.4 Å². The fourth-order valence-electron chi connectivity index (χ4n) is 2.24. The molecule has 0 fully saturated rings. The summed E-state index contributed by atoms with van der Waals surface area (Å²) in [4.78, 5) is 0. The van der Waals surface area contributed by atoms with Crippen LogP contribution in [0.25, 0.3) is 0 Å². The van der Waals surface area contributed by atoms with Crippen molar-refractivity contribution in [3.63, 3.8) is 0 Å². The molecule has 0 radical (unpaired) electrons. The van der Waals surface area contributed by atoms with Crippen LogP contribution in [0.4, 0.5) is 0 Å². The molecule has 2 N–H and O–H groups in total. The molecule has 0 heterocycles. The Kier molecular flexibility index (Phi) is 7.66. The van der Waals surface area contributed by atoms with Gasteiger partial charge < -0.3 is 19.9 Å². The zero-order valence-corrected chi connectivity index (χ0v) is 15.0. The fraction of sp³-hybridized carbons (Fsp3) is 0.333. The van der Waals surface area contributed by atoms with Crippen LogP contribution in [0, 0.1) is 0 Å². The van der Waals surface area contributed by atoms with Crippen molar-refractivity contribution in [3.8, 4) is 11.5 Å². The highest BCUT2D eigenvalue weighted by atomic mass is 35.5. The molecule has 0 aliphatic carbocycles. The van der Waals surface area contributed by atoms with Crippen molar-refractivity contribution in [1.29, 1.82) is 0 Å². The normalized spacial score (nSPS) is 10.7. The van der Waals surface area contributed by atoms with E-state index in [2.05, 4.69) is 5.32 Å². The molecular formula is C18H21Cl2NO3. The van der Waals surface area contributed by atoms with Gasteiger partial charge in [0.1, 0.15) is 6.61 Å². The van der Waals surface area contributed by atoms with Crippen LogP contribution in [0.2, 0.25) is 10.0 Å². The lowest BCUT2D eigenvalue weighted by atomic mass is 10.1.